The van der Waals surface area contributed by atoms with E-state index >= 15 is 0 Å². The van der Waals surface area contributed by atoms with Crippen molar-refractivity contribution in [1.82, 2.24) is 5.32 Å². The Bertz CT molecular complexity index is 179. The molecule has 1 fully saturated rings. The van der Waals surface area contributed by atoms with Crippen LogP contribution in [-0.4, -0.2) is 24.4 Å². The number of alkyl halides is 3. The molecule has 1 aliphatic rings. The molecule has 0 atom stereocenters. The summed E-state index contributed by atoms with van der Waals surface area (Å²) in [6.45, 7) is 1.31. The van der Waals surface area contributed by atoms with Crippen LogP contribution in [0.1, 0.15) is 38.5 Å². The standard InChI is InChI=1S/C11H20F3NS/c12-11(13,14)16-9-8-15-7-3-6-10-4-1-2-5-10/h10,15H,1-9H2. The minimum atomic E-state index is -4.08. The van der Waals surface area contributed by atoms with Crippen molar-refractivity contribution in [1.29, 1.82) is 0 Å². The van der Waals surface area contributed by atoms with E-state index in [4.69, 9.17) is 0 Å². The van der Waals surface area contributed by atoms with Gasteiger partial charge in [-0.15, -0.1) is 0 Å². The summed E-state index contributed by atoms with van der Waals surface area (Å²) < 4.78 is 35.3. The molecule has 1 saturated carbocycles. The lowest BCUT2D eigenvalue weighted by Crippen LogP contribution is -2.20. The first-order valence-electron chi connectivity index (χ1n) is 5.99. The van der Waals surface area contributed by atoms with Crippen molar-refractivity contribution in [3.05, 3.63) is 0 Å². The largest absolute Gasteiger partial charge is 0.441 e. The molecule has 0 bridgehead atoms. The molecule has 1 nitrogen and oxygen atoms in total. The first-order valence-corrected chi connectivity index (χ1v) is 6.98. The molecule has 0 spiro atoms. The van der Waals surface area contributed by atoms with Crippen molar-refractivity contribution in [3.8, 4) is 0 Å². The van der Waals surface area contributed by atoms with E-state index in [9.17, 15) is 13.2 Å². The molecule has 0 aliphatic heterocycles. The van der Waals surface area contributed by atoms with Crippen LogP contribution < -0.4 is 5.32 Å². The first kappa shape index (κ1) is 14.2. The molecule has 5 heteroatoms. The second-order valence-electron chi connectivity index (χ2n) is 4.34. The maximum absolute atomic E-state index is 11.8. The van der Waals surface area contributed by atoms with Gasteiger partial charge in [0.05, 0.1) is 0 Å². The van der Waals surface area contributed by atoms with E-state index in [1.165, 1.54) is 32.1 Å². The summed E-state index contributed by atoms with van der Waals surface area (Å²) in [5.41, 5.74) is -4.08. The molecule has 0 aromatic heterocycles. The van der Waals surface area contributed by atoms with Gasteiger partial charge in [-0.05, 0) is 37.1 Å². The summed E-state index contributed by atoms with van der Waals surface area (Å²) in [6, 6.07) is 0. The van der Waals surface area contributed by atoms with Gasteiger partial charge in [0.25, 0.3) is 0 Å². The highest BCUT2D eigenvalue weighted by atomic mass is 32.2. The zero-order chi connectivity index (χ0) is 11.9. The minimum Gasteiger partial charge on any atom is -0.316 e. The van der Waals surface area contributed by atoms with Crippen molar-refractivity contribution in [2.24, 2.45) is 5.92 Å². The Hall–Kier alpha value is 0.1000. The highest BCUT2D eigenvalue weighted by molar-refractivity contribution is 8.00. The summed E-state index contributed by atoms with van der Waals surface area (Å²) >= 11 is 0.0544. The van der Waals surface area contributed by atoms with Crippen LogP contribution in [0.3, 0.4) is 0 Å². The number of hydrogen-bond acceptors (Lipinski definition) is 2. The van der Waals surface area contributed by atoms with Gasteiger partial charge in [0, 0.05) is 12.3 Å². The molecule has 1 N–H and O–H groups in total. The normalized spacial score (nSPS) is 18.2. The lowest BCUT2D eigenvalue weighted by atomic mass is 10.0. The van der Waals surface area contributed by atoms with Crippen LogP contribution in [-0.2, 0) is 0 Å². The summed E-state index contributed by atoms with van der Waals surface area (Å²) in [6.07, 6.45) is 7.76. The van der Waals surface area contributed by atoms with Crippen LogP contribution in [0.15, 0.2) is 0 Å². The lowest BCUT2D eigenvalue weighted by molar-refractivity contribution is -0.0327. The molecule has 96 valence electrons. The third-order valence-electron chi connectivity index (χ3n) is 2.99. The van der Waals surface area contributed by atoms with E-state index in [0.717, 1.165) is 18.9 Å². The van der Waals surface area contributed by atoms with Crippen LogP contribution in [0.5, 0.6) is 0 Å². The second kappa shape index (κ2) is 7.43. The molecular formula is C11H20F3NS. The predicted molar refractivity (Wildman–Crippen MR) is 62.6 cm³/mol. The van der Waals surface area contributed by atoms with Gasteiger partial charge in [-0.2, -0.15) is 13.2 Å². The smallest absolute Gasteiger partial charge is 0.316 e. The SMILES string of the molecule is FC(F)(F)SCCNCCCC1CCCC1. The predicted octanol–water partition coefficient (Wildman–Crippen LogP) is 3.80. The number of nitrogens with one attached hydrogen (secondary N) is 1. The minimum absolute atomic E-state index is 0.0544. The van der Waals surface area contributed by atoms with Gasteiger partial charge in [-0.25, -0.2) is 0 Å². The fourth-order valence-electron chi connectivity index (χ4n) is 2.18. The van der Waals surface area contributed by atoms with Gasteiger partial charge in [0.2, 0.25) is 0 Å². The second-order valence-corrected chi connectivity index (χ2v) is 5.50. The fourth-order valence-corrected chi connectivity index (χ4v) is 2.66. The number of rotatable bonds is 7. The van der Waals surface area contributed by atoms with E-state index < -0.39 is 5.51 Å². The first-order chi connectivity index (χ1) is 7.58. The van der Waals surface area contributed by atoms with E-state index in [2.05, 4.69) is 5.32 Å². The van der Waals surface area contributed by atoms with Gasteiger partial charge < -0.3 is 5.32 Å². The van der Waals surface area contributed by atoms with E-state index in [0.29, 0.717) is 6.54 Å². The topological polar surface area (TPSA) is 12.0 Å². The van der Waals surface area contributed by atoms with Crippen molar-refractivity contribution < 1.29 is 13.2 Å². The molecule has 0 unspecified atom stereocenters. The quantitative estimate of drug-likeness (QED) is 0.694. The molecule has 1 aliphatic carbocycles. The Morgan fingerprint density at radius 3 is 2.44 bits per heavy atom. The van der Waals surface area contributed by atoms with Crippen molar-refractivity contribution in [2.45, 2.75) is 44.0 Å². The molecule has 16 heavy (non-hydrogen) atoms. The number of thioether (sulfide) groups is 1. The van der Waals surface area contributed by atoms with Crippen LogP contribution in [0.25, 0.3) is 0 Å². The summed E-state index contributed by atoms with van der Waals surface area (Å²) in [4.78, 5) is 0. The Morgan fingerprint density at radius 2 is 1.81 bits per heavy atom. The van der Waals surface area contributed by atoms with Gasteiger partial charge in [0.1, 0.15) is 0 Å². The zero-order valence-electron chi connectivity index (χ0n) is 9.48. The molecule has 0 radical (unpaired) electrons. The zero-order valence-corrected chi connectivity index (χ0v) is 10.3. The Kier molecular flexibility index (Phi) is 6.58. The van der Waals surface area contributed by atoms with Gasteiger partial charge >= 0.3 is 5.51 Å². The van der Waals surface area contributed by atoms with Crippen molar-refractivity contribution in [3.63, 3.8) is 0 Å². The summed E-state index contributed by atoms with van der Waals surface area (Å²) in [7, 11) is 0. The molecule has 0 aromatic rings. The number of halogens is 3. The van der Waals surface area contributed by atoms with Crippen LogP contribution in [0, 0.1) is 5.92 Å². The Balaban J connectivity index is 1.81. The molecular weight excluding hydrogens is 235 g/mol. The van der Waals surface area contributed by atoms with E-state index in [1.807, 2.05) is 0 Å². The van der Waals surface area contributed by atoms with Crippen LogP contribution >= 0.6 is 11.8 Å². The highest BCUT2D eigenvalue weighted by Gasteiger charge is 2.27. The molecule has 0 heterocycles. The van der Waals surface area contributed by atoms with Gasteiger partial charge in [-0.1, -0.05) is 25.7 Å². The average molecular weight is 255 g/mol. The Morgan fingerprint density at radius 1 is 1.12 bits per heavy atom. The Labute approximate surface area is 99.6 Å². The summed E-state index contributed by atoms with van der Waals surface area (Å²) in [5.74, 6) is 0.999. The molecule has 0 saturated heterocycles. The lowest BCUT2D eigenvalue weighted by Gasteiger charge is -2.09. The maximum Gasteiger partial charge on any atom is 0.441 e. The van der Waals surface area contributed by atoms with Crippen molar-refractivity contribution >= 4 is 11.8 Å². The highest BCUT2D eigenvalue weighted by Crippen LogP contribution is 2.29. The van der Waals surface area contributed by atoms with Crippen LogP contribution in [0.2, 0.25) is 0 Å². The third kappa shape index (κ3) is 7.39. The molecule has 0 aromatic carbocycles. The van der Waals surface area contributed by atoms with Crippen molar-refractivity contribution in [2.75, 3.05) is 18.8 Å². The van der Waals surface area contributed by atoms with E-state index in [1.54, 1.807) is 0 Å². The number of hydrogen-bond donors (Lipinski definition) is 1. The van der Waals surface area contributed by atoms with Crippen LogP contribution in [0.4, 0.5) is 13.2 Å². The molecule has 1 rings (SSSR count). The van der Waals surface area contributed by atoms with E-state index in [-0.39, 0.29) is 17.5 Å². The monoisotopic (exact) mass is 255 g/mol. The summed E-state index contributed by atoms with van der Waals surface area (Å²) in [5, 5.41) is 3.06. The average Bonchev–Trinajstić information content (AvgIpc) is 2.67. The maximum atomic E-state index is 11.8. The fraction of sp³-hybridized carbons (Fsp3) is 1.00. The third-order valence-corrected chi connectivity index (χ3v) is 3.72. The molecule has 0 amide bonds. The van der Waals surface area contributed by atoms with Gasteiger partial charge in [-0.3, -0.25) is 0 Å². The van der Waals surface area contributed by atoms with Gasteiger partial charge in [0.15, 0.2) is 0 Å².